The molecule has 1 saturated heterocycles. The minimum Gasteiger partial charge on any atom is -0.334 e. The summed E-state index contributed by atoms with van der Waals surface area (Å²) in [6, 6.07) is 19.0. The lowest BCUT2D eigenvalue weighted by atomic mass is 9.99. The van der Waals surface area contributed by atoms with Crippen molar-refractivity contribution in [3.63, 3.8) is 0 Å². The number of halogens is 2. The summed E-state index contributed by atoms with van der Waals surface area (Å²) in [4.78, 5) is 25.7. The molecule has 1 heterocycles. The molecule has 2 amide bonds. The van der Waals surface area contributed by atoms with E-state index in [2.05, 4.69) is 36.7 Å². The molecule has 0 radical (unpaired) electrons. The number of hydrogen-bond donors (Lipinski definition) is 2. The second kappa shape index (κ2) is 9.55. The molecule has 4 rings (SSSR count). The van der Waals surface area contributed by atoms with Crippen molar-refractivity contribution in [1.82, 2.24) is 10.7 Å². The average Bonchev–Trinajstić information content (AvgIpc) is 3.09. The van der Waals surface area contributed by atoms with E-state index < -0.39 is 23.8 Å². The zero-order valence-electron chi connectivity index (χ0n) is 18.3. The molecule has 0 unspecified atom stereocenters. The molecule has 7 heteroatoms. The van der Waals surface area contributed by atoms with Gasteiger partial charge in [-0.25, -0.2) is 4.39 Å². The van der Waals surface area contributed by atoms with E-state index in [-0.39, 0.29) is 11.5 Å². The lowest BCUT2D eigenvalue weighted by Crippen LogP contribution is -2.42. The molecule has 0 aromatic heterocycles. The largest absolute Gasteiger partial charge is 0.334 e. The summed E-state index contributed by atoms with van der Waals surface area (Å²) in [5, 5.41) is 3.37. The number of rotatable bonds is 5. The number of hydrazine groups is 1. The fraction of sp³-hybridized carbons (Fsp3) is 0.192. The molecule has 0 bridgehead atoms. The normalized spacial score (nSPS) is 19.1. The number of hydrogen-bond acceptors (Lipinski definition) is 2. The fourth-order valence-corrected chi connectivity index (χ4v) is 3.92. The number of nitrogens with one attached hydrogen (secondary N) is 2. The first-order valence-electron chi connectivity index (χ1n) is 10.7. The smallest absolute Gasteiger partial charge is 0.304 e. The van der Waals surface area contributed by atoms with E-state index in [0.29, 0.717) is 10.9 Å². The van der Waals surface area contributed by atoms with Crippen LogP contribution < -0.4 is 10.7 Å². The average molecular weight is 465 g/mol. The fourth-order valence-electron chi connectivity index (χ4n) is 3.79. The number of carbonyl (C=O) groups excluding carboxylic acids is 2. The molecule has 2 N–H and O–H groups in total. The SMILES string of the molecule is CC(C)c1ccc(/C=[N+]2\NC(=O)[C@H](NC(=O)c3ccc(F)cc3)[C@@H]2c2ccc(Cl)cc2)cc1. The van der Waals surface area contributed by atoms with Crippen molar-refractivity contribution in [1.29, 1.82) is 0 Å². The molecule has 3 aromatic carbocycles. The first kappa shape index (κ1) is 22.7. The van der Waals surface area contributed by atoms with Crippen LogP contribution >= 0.6 is 11.6 Å². The van der Waals surface area contributed by atoms with Gasteiger partial charge in [-0.3, -0.25) is 9.59 Å². The quantitative estimate of drug-likeness (QED) is 0.541. The molecule has 168 valence electrons. The van der Waals surface area contributed by atoms with Gasteiger partial charge in [0.05, 0.1) is 0 Å². The summed E-state index contributed by atoms with van der Waals surface area (Å²) in [5.41, 5.74) is 6.05. The van der Waals surface area contributed by atoms with Crippen LogP contribution in [0.15, 0.2) is 72.8 Å². The van der Waals surface area contributed by atoms with Crippen LogP contribution in [0.25, 0.3) is 0 Å². The van der Waals surface area contributed by atoms with Crippen LogP contribution in [0.5, 0.6) is 0 Å². The predicted octanol–water partition coefficient (Wildman–Crippen LogP) is 4.62. The van der Waals surface area contributed by atoms with Crippen molar-refractivity contribution in [2.24, 2.45) is 0 Å². The Labute approximate surface area is 196 Å². The second-order valence-corrected chi connectivity index (χ2v) is 8.72. The van der Waals surface area contributed by atoms with Crippen LogP contribution in [0, 0.1) is 5.82 Å². The highest BCUT2D eigenvalue weighted by atomic mass is 35.5. The van der Waals surface area contributed by atoms with Crippen molar-refractivity contribution in [3.8, 4) is 0 Å². The molecule has 3 aromatic rings. The maximum Gasteiger partial charge on any atom is 0.304 e. The Hall–Kier alpha value is -3.51. The highest BCUT2D eigenvalue weighted by Crippen LogP contribution is 2.27. The first-order chi connectivity index (χ1) is 15.8. The molecule has 0 saturated carbocycles. The van der Waals surface area contributed by atoms with E-state index in [1.165, 1.54) is 29.8 Å². The van der Waals surface area contributed by atoms with Gasteiger partial charge in [0, 0.05) is 21.7 Å². The van der Waals surface area contributed by atoms with Crippen molar-refractivity contribution in [2.75, 3.05) is 0 Å². The third-order valence-corrected chi connectivity index (χ3v) is 5.88. The van der Waals surface area contributed by atoms with Crippen LogP contribution in [0.2, 0.25) is 5.02 Å². The maximum absolute atomic E-state index is 13.2. The van der Waals surface area contributed by atoms with Crippen molar-refractivity contribution >= 4 is 29.6 Å². The van der Waals surface area contributed by atoms with Crippen molar-refractivity contribution in [3.05, 3.63) is 106 Å². The minimum atomic E-state index is -0.866. The van der Waals surface area contributed by atoms with Gasteiger partial charge in [0.15, 0.2) is 6.04 Å². The monoisotopic (exact) mass is 464 g/mol. The Morgan fingerprint density at radius 2 is 1.67 bits per heavy atom. The summed E-state index contributed by atoms with van der Waals surface area (Å²) in [6.45, 7) is 4.26. The van der Waals surface area contributed by atoms with Gasteiger partial charge in [-0.2, -0.15) is 0 Å². The molecule has 2 atom stereocenters. The van der Waals surface area contributed by atoms with Crippen LogP contribution in [-0.2, 0) is 4.79 Å². The van der Waals surface area contributed by atoms with Crippen LogP contribution in [0.4, 0.5) is 4.39 Å². The topological polar surface area (TPSA) is 61.2 Å². The molecule has 0 aliphatic carbocycles. The Morgan fingerprint density at radius 3 is 2.27 bits per heavy atom. The van der Waals surface area contributed by atoms with Crippen LogP contribution in [-0.4, -0.2) is 28.8 Å². The van der Waals surface area contributed by atoms with Gasteiger partial charge in [-0.1, -0.05) is 49.7 Å². The van der Waals surface area contributed by atoms with E-state index in [9.17, 15) is 14.0 Å². The molecule has 1 aliphatic rings. The molecule has 1 aliphatic heterocycles. The van der Waals surface area contributed by atoms with E-state index in [1.807, 2.05) is 30.5 Å². The van der Waals surface area contributed by atoms with E-state index in [1.54, 1.807) is 16.8 Å². The third-order valence-electron chi connectivity index (χ3n) is 5.63. The predicted molar refractivity (Wildman–Crippen MR) is 126 cm³/mol. The van der Waals surface area contributed by atoms with Gasteiger partial charge in [-0.15, -0.1) is 10.1 Å². The van der Waals surface area contributed by atoms with E-state index >= 15 is 0 Å². The Morgan fingerprint density at radius 1 is 1.03 bits per heavy atom. The Kier molecular flexibility index (Phi) is 6.56. The Balaban J connectivity index is 1.68. The van der Waals surface area contributed by atoms with Crippen LogP contribution in [0.1, 0.15) is 52.9 Å². The van der Waals surface area contributed by atoms with Gasteiger partial charge < -0.3 is 5.32 Å². The number of amides is 2. The molecular weight excluding hydrogens is 441 g/mol. The van der Waals surface area contributed by atoms with Crippen molar-refractivity contribution in [2.45, 2.75) is 31.8 Å². The number of benzene rings is 3. The van der Waals surface area contributed by atoms with Crippen molar-refractivity contribution < 1.29 is 18.7 Å². The number of carbonyl (C=O) groups is 2. The van der Waals surface area contributed by atoms with E-state index in [0.717, 1.165) is 11.1 Å². The maximum atomic E-state index is 13.2. The lowest BCUT2D eigenvalue weighted by molar-refractivity contribution is -0.596. The van der Waals surface area contributed by atoms with Gasteiger partial charge in [-0.05, 0) is 60.0 Å². The number of nitrogens with zero attached hydrogens (tertiary/aromatic N) is 1. The third kappa shape index (κ3) is 5.12. The lowest BCUT2D eigenvalue weighted by Gasteiger charge is -2.15. The molecular formula is C26H24ClFN3O2+. The second-order valence-electron chi connectivity index (χ2n) is 8.29. The summed E-state index contributed by atoms with van der Waals surface area (Å²) < 4.78 is 14.9. The molecule has 1 fully saturated rings. The highest BCUT2D eigenvalue weighted by molar-refractivity contribution is 6.30. The summed E-state index contributed by atoms with van der Waals surface area (Å²) in [6.07, 6.45) is 1.84. The Bertz CT molecular complexity index is 1190. The summed E-state index contributed by atoms with van der Waals surface area (Å²) in [5.74, 6) is -0.829. The molecule has 0 spiro atoms. The minimum absolute atomic E-state index is 0.269. The molecule has 33 heavy (non-hydrogen) atoms. The zero-order chi connectivity index (χ0) is 23.5. The highest BCUT2D eigenvalue weighted by Gasteiger charge is 2.47. The summed E-state index contributed by atoms with van der Waals surface area (Å²) >= 11 is 6.06. The first-order valence-corrected chi connectivity index (χ1v) is 11.0. The molecule has 5 nitrogen and oxygen atoms in total. The number of hydrazone groups is 1. The summed E-state index contributed by atoms with van der Waals surface area (Å²) in [7, 11) is 0. The van der Waals surface area contributed by atoms with Gasteiger partial charge in [0.2, 0.25) is 12.3 Å². The standard InChI is InChI=1S/C26H23ClFN3O2/c1-16(2)18-5-3-17(4-6-18)15-31-24(19-7-11-21(27)12-8-19)23(26(33)30-31)29-25(32)20-9-13-22(28)14-10-20/h3-16,23-24H,1-2H3,(H-,29,30,32,33)/p+1/b31-15-/t23-,24+/m1/s1. The van der Waals surface area contributed by atoms with Gasteiger partial charge >= 0.3 is 5.91 Å². The zero-order valence-corrected chi connectivity index (χ0v) is 19.0. The van der Waals surface area contributed by atoms with Crippen LogP contribution in [0.3, 0.4) is 0 Å². The van der Waals surface area contributed by atoms with Gasteiger partial charge in [0.25, 0.3) is 5.91 Å². The van der Waals surface area contributed by atoms with Gasteiger partial charge in [0.1, 0.15) is 5.82 Å². The van der Waals surface area contributed by atoms with E-state index in [4.69, 9.17) is 11.6 Å².